The summed E-state index contributed by atoms with van der Waals surface area (Å²) in [6.45, 7) is 1.62. The van der Waals surface area contributed by atoms with Crippen molar-refractivity contribution in [1.29, 1.82) is 0 Å². The first-order valence-corrected chi connectivity index (χ1v) is 12.5. The molecule has 0 aliphatic carbocycles. The molecule has 0 unspecified atom stereocenters. The van der Waals surface area contributed by atoms with E-state index in [4.69, 9.17) is 14.2 Å². The Bertz CT molecular complexity index is 949. The number of hydrogen-bond acceptors (Lipinski definition) is 8. The van der Waals surface area contributed by atoms with Gasteiger partial charge in [0.15, 0.2) is 19.0 Å². The number of aromatic nitrogens is 3. The minimum absolute atomic E-state index is 0.0229. The summed E-state index contributed by atoms with van der Waals surface area (Å²) in [5.41, 5.74) is 0.842. The Balaban J connectivity index is 1.11. The summed E-state index contributed by atoms with van der Waals surface area (Å²) in [4.78, 5) is 19.7. The molecular weight excluding hydrogens is 487 g/mol. The van der Waals surface area contributed by atoms with Gasteiger partial charge in [-0.15, -0.1) is 0 Å². The van der Waals surface area contributed by atoms with E-state index in [2.05, 4.69) is 20.3 Å². The molecule has 2 aliphatic rings. The Morgan fingerprint density at radius 2 is 2.11 bits per heavy atom. The van der Waals surface area contributed by atoms with Gasteiger partial charge in [-0.1, -0.05) is 11.3 Å². The highest BCUT2D eigenvalue weighted by molar-refractivity contribution is 7.13. The van der Waals surface area contributed by atoms with Gasteiger partial charge >= 0.3 is 6.18 Å². The van der Waals surface area contributed by atoms with E-state index in [1.807, 2.05) is 0 Å². The quantitative estimate of drug-likeness (QED) is 0.546. The smallest absolute Gasteiger partial charge is 0.422 e. The first-order valence-electron chi connectivity index (χ1n) is 11.7. The van der Waals surface area contributed by atoms with Crippen molar-refractivity contribution in [2.75, 3.05) is 39.5 Å². The molecule has 4 heterocycles. The molecule has 4 rings (SSSR count). The first kappa shape index (κ1) is 25.7. The van der Waals surface area contributed by atoms with Crippen molar-refractivity contribution in [3.05, 3.63) is 23.0 Å². The van der Waals surface area contributed by atoms with Crippen LogP contribution in [0.3, 0.4) is 0 Å². The van der Waals surface area contributed by atoms with E-state index >= 15 is 0 Å². The van der Waals surface area contributed by atoms with Crippen LogP contribution in [0.4, 0.5) is 13.2 Å². The van der Waals surface area contributed by atoms with Crippen LogP contribution >= 0.6 is 11.3 Å². The molecule has 1 saturated heterocycles. The van der Waals surface area contributed by atoms with E-state index in [9.17, 15) is 18.0 Å². The Labute approximate surface area is 205 Å². The van der Waals surface area contributed by atoms with E-state index < -0.39 is 12.8 Å². The number of rotatable bonds is 9. The Kier molecular flexibility index (Phi) is 8.50. The number of carbonyl (C=O) groups excluding carboxylic acids is 1. The third-order valence-corrected chi connectivity index (χ3v) is 7.06. The Morgan fingerprint density at radius 1 is 1.29 bits per heavy atom. The number of amides is 1. The van der Waals surface area contributed by atoms with Crippen molar-refractivity contribution in [1.82, 2.24) is 25.0 Å². The van der Waals surface area contributed by atoms with Crippen LogP contribution in [0.15, 0.2) is 12.4 Å². The molecule has 13 heteroatoms. The van der Waals surface area contributed by atoms with Gasteiger partial charge in [-0.25, -0.2) is 4.98 Å². The predicted molar refractivity (Wildman–Crippen MR) is 122 cm³/mol. The zero-order valence-corrected chi connectivity index (χ0v) is 20.4. The topological polar surface area (TPSA) is 90.7 Å². The van der Waals surface area contributed by atoms with Crippen molar-refractivity contribution >= 4 is 17.2 Å². The van der Waals surface area contributed by atoms with Crippen LogP contribution in [-0.4, -0.2) is 83.3 Å². The van der Waals surface area contributed by atoms with Crippen LogP contribution in [0.25, 0.3) is 0 Å². The minimum Gasteiger partial charge on any atom is -0.480 e. The number of thiazole rings is 1. The summed E-state index contributed by atoms with van der Waals surface area (Å²) in [6, 6.07) is -0.0229. The number of alkyl halides is 3. The molecular formula is C22H30F3N5O4S. The van der Waals surface area contributed by atoms with Crippen molar-refractivity contribution < 1.29 is 32.2 Å². The standard InChI is InChI=1S/C22H30F3N5O4S/c1-29-11-17(10-26-29)33-13-20(31)27-15-2-3-16(32-12-15)4-7-30-8-5-18-19(6-9-30)35-21(28-18)34-14-22(23,24)25/h10-11,15-16H,2-9,12-14H2,1H3,(H,27,31)/t15-,16+/m0/s1. The van der Waals surface area contributed by atoms with Crippen molar-refractivity contribution in [2.24, 2.45) is 7.05 Å². The van der Waals surface area contributed by atoms with E-state index in [1.165, 1.54) is 11.3 Å². The van der Waals surface area contributed by atoms with Gasteiger partial charge in [-0.05, 0) is 25.7 Å². The first-order chi connectivity index (χ1) is 16.7. The second-order valence-corrected chi connectivity index (χ2v) is 9.87. The van der Waals surface area contributed by atoms with Crippen LogP contribution < -0.4 is 14.8 Å². The SMILES string of the molecule is Cn1cc(OCC(=O)N[C@H]2CC[C@H](CCN3CCc4nc(OCC(F)(F)F)sc4CC3)OC2)cn1. The predicted octanol–water partition coefficient (Wildman–Crippen LogP) is 2.35. The molecule has 35 heavy (non-hydrogen) atoms. The van der Waals surface area contributed by atoms with Gasteiger partial charge in [0.2, 0.25) is 0 Å². The summed E-state index contributed by atoms with van der Waals surface area (Å²) >= 11 is 1.21. The van der Waals surface area contributed by atoms with Crippen molar-refractivity contribution in [3.63, 3.8) is 0 Å². The number of halogens is 3. The summed E-state index contributed by atoms with van der Waals surface area (Å²) in [5.74, 6) is 0.371. The molecule has 2 aromatic rings. The molecule has 0 radical (unpaired) electrons. The number of carbonyl (C=O) groups is 1. The molecule has 2 aromatic heterocycles. The fraction of sp³-hybridized carbons (Fsp3) is 0.682. The lowest BCUT2D eigenvalue weighted by atomic mass is 10.0. The molecule has 1 fully saturated rings. The van der Waals surface area contributed by atoms with Gasteiger partial charge in [-0.3, -0.25) is 9.48 Å². The summed E-state index contributed by atoms with van der Waals surface area (Å²) in [7, 11) is 1.78. The number of nitrogens with one attached hydrogen (secondary N) is 1. The zero-order chi connectivity index (χ0) is 24.8. The molecule has 0 saturated carbocycles. The van der Waals surface area contributed by atoms with Crippen LogP contribution in [0.1, 0.15) is 29.8 Å². The monoisotopic (exact) mass is 517 g/mol. The normalized spacial score (nSPS) is 21.3. The number of nitrogens with zero attached hydrogens (tertiary/aromatic N) is 4. The molecule has 194 valence electrons. The van der Waals surface area contributed by atoms with E-state index in [1.54, 1.807) is 24.1 Å². The second kappa shape index (κ2) is 11.6. The van der Waals surface area contributed by atoms with Crippen molar-refractivity contribution in [3.8, 4) is 10.9 Å². The van der Waals surface area contributed by atoms with Crippen LogP contribution in [0.5, 0.6) is 10.9 Å². The molecule has 2 atom stereocenters. The van der Waals surface area contributed by atoms with E-state index in [0.29, 0.717) is 18.8 Å². The van der Waals surface area contributed by atoms with E-state index in [0.717, 1.165) is 55.9 Å². The maximum Gasteiger partial charge on any atom is 0.422 e. The molecule has 9 nitrogen and oxygen atoms in total. The summed E-state index contributed by atoms with van der Waals surface area (Å²) in [5, 5.41) is 7.05. The Morgan fingerprint density at radius 3 is 2.83 bits per heavy atom. The third kappa shape index (κ3) is 8.07. The molecule has 0 spiro atoms. The van der Waals surface area contributed by atoms with Gasteiger partial charge in [0.25, 0.3) is 11.1 Å². The maximum atomic E-state index is 12.4. The molecule has 0 bridgehead atoms. The highest BCUT2D eigenvalue weighted by Crippen LogP contribution is 2.29. The maximum absolute atomic E-state index is 12.4. The fourth-order valence-electron chi connectivity index (χ4n) is 4.18. The van der Waals surface area contributed by atoms with Crippen LogP contribution in [-0.2, 0) is 29.4 Å². The van der Waals surface area contributed by atoms with Crippen LogP contribution in [0.2, 0.25) is 0 Å². The number of fused-ring (bicyclic) bond motifs is 1. The van der Waals surface area contributed by atoms with Gasteiger partial charge in [-0.2, -0.15) is 18.3 Å². The highest BCUT2D eigenvalue weighted by atomic mass is 32.1. The van der Waals surface area contributed by atoms with Gasteiger partial charge in [0.1, 0.15) is 0 Å². The fourth-order valence-corrected chi connectivity index (χ4v) is 5.12. The largest absolute Gasteiger partial charge is 0.480 e. The average molecular weight is 518 g/mol. The lowest BCUT2D eigenvalue weighted by Gasteiger charge is -2.31. The molecule has 1 N–H and O–H groups in total. The van der Waals surface area contributed by atoms with Gasteiger partial charge in [0.05, 0.1) is 36.8 Å². The number of hydrogen-bond donors (Lipinski definition) is 1. The lowest BCUT2D eigenvalue weighted by Crippen LogP contribution is -2.45. The Hall–Kier alpha value is -2.38. The lowest BCUT2D eigenvalue weighted by molar-refractivity contribution is -0.153. The van der Waals surface area contributed by atoms with Crippen LogP contribution in [0, 0.1) is 0 Å². The minimum atomic E-state index is -4.36. The molecule has 2 aliphatic heterocycles. The highest BCUT2D eigenvalue weighted by Gasteiger charge is 2.30. The van der Waals surface area contributed by atoms with Crippen molar-refractivity contribution in [2.45, 2.75) is 50.4 Å². The number of ether oxygens (including phenoxy) is 3. The zero-order valence-electron chi connectivity index (χ0n) is 19.6. The summed E-state index contributed by atoms with van der Waals surface area (Å²) < 4.78 is 54.9. The van der Waals surface area contributed by atoms with Gasteiger partial charge in [0, 0.05) is 38.0 Å². The molecule has 0 aromatic carbocycles. The average Bonchev–Trinajstić information content (AvgIpc) is 3.36. The summed E-state index contributed by atoms with van der Waals surface area (Å²) in [6.07, 6.45) is 3.12. The van der Waals surface area contributed by atoms with Gasteiger partial charge < -0.3 is 24.4 Å². The van der Waals surface area contributed by atoms with E-state index in [-0.39, 0.29) is 29.9 Å². The number of aryl methyl sites for hydroxylation is 1. The third-order valence-electron chi connectivity index (χ3n) is 5.99. The molecule has 1 amide bonds. The second-order valence-electron chi connectivity index (χ2n) is 8.82.